The van der Waals surface area contributed by atoms with Crippen LogP contribution in [0.4, 0.5) is 0 Å². The van der Waals surface area contributed by atoms with Crippen molar-refractivity contribution in [3.8, 4) is 45.3 Å². The lowest BCUT2D eigenvalue weighted by Crippen LogP contribution is -2.04. The zero-order valence-electron chi connectivity index (χ0n) is 19.2. The van der Waals surface area contributed by atoms with E-state index in [9.17, 15) is 0 Å². The lowest BCUT2D eigenvalue weighted by Gasteiger charge is -2.30. The van der Waals surface area contributed by atoms with Crippen molar-refractivity contribution in [3.05, 3.63) is 109 Å². The molecule has 36 heavy (non-hydrogen) atoms. The molecule has 0 atom stereocenters. The van der Waals surface area contributed by atoms with Crippen molar-refractivity contribution in [3.63, 3.8) is 0 Å². The SMILES string of the molecule is c1ccc2c3c(ccc2c1)Oc1ccc2c4c(c5ccccc5c-3c14)-c1c(ccc3ccccc13)O2. The lowest BCUT2D eigenvalue weighted by molar-refractivity contribution is 0.476. The average Bonchev–Trinajstić information content (AvgIpc) is 2.94. The quantitative estimate of drug-likeness (QED) is 0.211. The standard InChI is InChI=1S/C34H18O2/c1-3-9-21-19(7-1)13-15-25-29(21)31-23-11-5-6-12-24(23)32-30-22-10-4-2-8-20(22)14-16-26(30)36-28-18-17-27(35-25)33(31)34(28)32/h1-18H. The average molecular weight is 459 g/mol. The monoisotopic (exact) mass is 458 g/mol. The van der Waals surface area contributed by atoms with E-state index < -0.39 is 0 Å². The van der Waals surface area contributed by atoms with Crippen LogP contribution in [0.1, 0.15) is 0 Å². The van der Waals surface area contributed by atoms with Crippen molar-refractivity contribution in [1.82, 2.24) is 0 Å². The van der Waals surface area contributed by atoms with Crippen molar-refractivity contribution in [2.45, 2.75) is 0 Å². The van der Waals surface area contributed by atoms with Crippen LogP contribution in [0.2, 0.25) is 0 Å². The molecule has 2 aliphatic heterocycles. The Morgan fingerprint density at radius 3 is 1.17 bits per heavy atom. The Hall–Kier alpha value is -4.82. The van der Waals surface area contributed by atoms with Crippen molar-refractivity contribution in [1.29, 1.82) is 0 Å². The van der Waals surface area contributed by atoms with Gasteiger partial charge in [0.15, 0.2) is 0 Å². The molecule has 7 aromatic rings. The van der Waals surface area contributed by atoms with Crippen LogP contribution in [0, 0.1) is 0 Å². The van der Waals surface area contributed by atoms with Crippen LogP contribution in [0.5, 0.6) is 23.0 Å². The second-order valence-corrected chi connectivity index (χ2v) is 9.63. The van der Waals surface area contributed by atoms with Gasteiger partial charge in [0.05, 0.1) is 0 Å². The third-order valence-electron chi connectivity index (χ3n) is 7.82. The summed E-state index contributed by atoms with van der Waals surface area (Å²) in [7, 11) is 0. The largest absolute Gasteiger partial charge is 0.456 e. The van der Waals surface area contributed by atoms with Gasteiger partial charge in [-0.25, -0.2) is 0 Å². The van der Waals surface area contributed by atoms with Crippen LogP contribution in [0.3, 0.4) is 0 Å². The topological polar surface area (TPSA) is 18.5 Å². The van der Waals surface area contributed by atoms with Gasteiger partial charge in [0, 0.05) is 33.0 Å². The molecule has 2 aliphatic rings. The maximum absolute atomic E-state index is 6.61. The first kappa shape index (κ1) is 18.5. The summed E-state index contributed by atoms with van der Waals surface area (Å²) in [6.07, 6.45) is 0. The molecule has 0 radical (unpaired) electrons. The van der Waals surface area contributed by atoms with Crippen LogP contribution in [-0.4, -0.2) is 0 Å². The minimum atomic E-state index is 0.880. The summed E-state index contributed by atoms with van der Waals surface area (Å²) in [6.45, 7) is 0. The highest BCUT2D eigenvalue weighted by molar-refractivity contribution is 6.30. The fourth-order valence-corrected chi connectivity index (χ4v) is 6.36. The molecule has 9 rings (SSSR count). The van der Waals surface area contributed by atoms with E-state index in [1.54, 1.807) is 0 Å². The molecule has 0 bridgehead atoms. The molecular weight excluding hydrogens is 440 g/mol. The van der Waals surface area contributed by atoms with Crippen LogP contribution >= 0.6 is 0 Å². The zero-order chi connectivity index (χ0) is 23.4. The summed E-state index contributed by atoms with van der Waals surface area (Å²) in [6, 6.07) is 38.6. The molecule has 0 unspecified atom stereocenters. The lowest BCUT2D eigenvalue weighted by atomic mass is 9.81. The van der Waals surface area contributed by atoms with Gasteiger partial charge in [-0.05, 0) is 56.6 Å². The summed E-state index contributed by atoms with van der Waals surface area (Å²) in [5.41, 5.74) is 4.77. The van der Waals surface area contributed by atoms with Gasteiger partial charge in [-0.1, -0.05) is 84.9 Å². The van der Waals surface area contributed by atoms with E-state index in [1.807, 2.05) is 0 Å². The van der Waals surface area contributed by atoms with Crippen LogP contribution < -0.4 is 9.47 Å². The van der Waals surface area contributed by atoms with Gasteiger partial charge in [0.1, 0.15) is 23.0 Å². The Balaban J connectivity index is 1.57. The smallest absolute Gasteiger partial charge is 0.136 e. The number of rotatable bonds is 0. The molecule has 2 heteroatoms. The summed E-state index contributed by atoms with van der Waals surface area (Å²) in [4.78, 5) is 0. The molecule has 0 amide bonds. The Labute approximate surface area is 206 Å². The first-order chi connectivity index (χ1) is 17.9. The third-order valence-corrected chi connectivity index (χ3v) is 7.82. The molecule has 2 nitrogen and oxygen atoms in total. The molecule has 0 saturated heterocycles. The Morgan fingerprint density at radius 2 is 0.694 bits per heavy atom. The van der Waals surface area contributed by atoms with Gasteiger partial charge >= 0.3 is 0 Å². The molecule has 0 aliphatic carbocycles. The van der Waals surface area contributed by atoms with Crippen LogP contribution in [-0.2, 0) is 0 Å². The molecule has 7 aromatic carbocycles. The predicted molar refractivity (Wildman–Crippen MR) is 147 cm³/mol. The minimum Gasteiger partial charge on any atom is -0.456 e. The minimum absolute atomic E-state index is 0.880. The number of ether oxygens (including phenoxy) is 2. The Morgan fingerprint density at radius 1 is 0.306 bits per heavy atom. The normalized spacial score (nSPS) is 12.9. The van der Waals surface area contributed by atoms with Gasteiger partial charge in [-0.3, -0.25) is 0 Å². The van der Waals surface area contributed by atoms with E-state index in [1.165, 1.54) is 43.4 Å². The van der Waals surface area contributed by atoms with Gasteiger partial charge in [-0.2, -0.15) is 0 Å². The van der Waals surface area contributed by atoms with E-state index in [2.05, 4.69) is 109 Å². The molecule has 0 N–H and O–H groups in total. The van der Waals surface area contributed by atoms with E-state index in [4.69, 9.17) is 9.47 Å². The molecule has 0 spiro atoms. The van der Waals surface area contributed by atoms with Gasteiger partial charge in [-0.15, -0.1) is 0 Å². The summed E-state index contributed by atoms with van der Waals surface area (Å²) >= 11 is 0. The summed E-state index contributed by atoms with van der Waals surface area (Å²) in [5, 5.41) is 9.55. The molecule has 166 valence electrons. The molecule has 0 fully saturated rings. The molecule has 2 heterocycles. The Bertz CT molecular complexity index is 1950. The molecule has 0 saturated carbocycles. The Kier molecular flexibility index (Phi) is 3.31. The van der Waals surface area contributed by atoms with E-state index >= 15 is 0 Å². The van der Waals surface area contributed by atoms with Gasteiger partial charge in [0.25, 0.3) is 0 Å². The van der Waals surface area contributed by atoms with E-state index in [0.29, 0.717) is 0 Å². The summed E-state index contributed by atoms with van der Waals surface area (Å²) in [5.74, 6) is 3.56. The van der Waals surface area contributed by atoms with Crippen LogP contribution in [0.25, 0.3) is 65.3 Å². The summed E-state index contributed by atoms with van der Waals surface area (Å²) < 4.78 is 13.2. The third kappa shape index (κ3) is 2.18. The fourth-order valence-electron chi connectivity index (χ4n) is 6.36. The maximum Gasteiger partial charge on any atom is 0.136 e. The van der Waals surface area contributed by atoms with Crippen molar-refractivity contribution >= 4 is 43.1 Å². The van der Waals surface area contributed by atoms with Gasteiger partial charge in [0.2, 0.25) is 0 Å². The van der Waals surface area contributed by atoms with Crippen molar-refractivity contribution in [2.75, 3.05) is 0 Å². The number of hydrogen-bond acceptors (Lipinski definition) is 2. The van der Waals surface area contributed by atoms with Crippen LogP contribution in [0.15, 0.2) is 109 Å². The van der Waals surface area contributed by atoms with E-state index in [-0.39, 0.29) is 0 Å². The maximum atomic E-state index is 6.61. The highest BCUT2D eigenvalue weighted by Crippen LogP contribution is 2.60. The highest BCUT2D eigenvalue weighted by atomic mass is 16.5. The number of fused-ring (bicyclic) bond motifs is 11. The first-order valence-corrected chi connectivity index (χ1v) is 12.3. The van der Waals surface area contributed by atoms with Crippen molar-refractivity contribution < 1.29 is 9.47 Å². The molecular formula is C34H18O2. The molecule has 0 aromatic heterocycles. The number of hydrogen-bond donors (Lipinski definition) is 0. The highest BCUT2D eigenvalue weighted by Gasteiger charge is 2.32. The van der Waals surface area contributed by atoms with Crippen molar-refractivity contribution in [2.24, 2.45) is 0 Å². The second kappa shape index (κ2) is 6.44. The fraction of sp³-hybridized carbons (Fsp3) is 0. The zero-order valence-corrected chi connectivity index (χ0v) is 19.2. The number of benzene rings is 7. The predicted octanol–water partition coefficient (Wildman–Crippen LogP) is 9.84. The van der Waals surface area contributed by atoms with Gasteiger partial charge < -0.3 is 9.47 Å². The first-order valence-electron chi connectivity index (χ1n) is 12.3. The van der Waals surface area contributed by atoms with E-state index in [0.717, 1.165) is 44.9 Å². The second-order valence-electron chi connectivity index (χ2n) is 9.63.